The molecule has 0 atom stereocenters. The number of rotatable bonds is 2. The van der Waals surface area contributed by atoms with Gasteiger partial charge in [0, 0.05) is 11.1 Å². The number of aromatic nitrogens is 2. The number of benzene rings is 1. The van der Waals surface area contributed by atoms with Crippen LogP contribution in [0.3, 0.4) is 0 Å². The van der Waals surface area contributed by atoms with E-state index < -0.39 is 23.4 Å². The molecule has 1 heterocycles. The number of amides is 2. The van der Waals surface area contributed by atoms with Gasteiger partial charge in [0.1, 0.15) is 16.2 Å². The van der Waals surface area contributed by atoms with E-state index in [0.29, 0.717) is 32.3 Å². The highest BCUT2D eigenvalue weighted by atomic mass is 32.2. The Kier molecular flexibility index (Phi) is 6.08. The highest BCUT2D eigenvalue weighted by molar-refractivity contribution is 7.98. The Morgan fingerprint density at radius 1 is 0.938 bits per heavy atom. The molecular weight excluding hydrogens is 430 g/mol. The van der Waals surface area contributed by atoms with Gasteiger partial charge in [-0.15, -0.1) is 16.7 Å². The first-order valence-electron chi connectivity index (χ1n) is 10.1. The van der Waals surface area contributed by atoms with Crippen molar-refractivity contribution in [2.24, 2.45) is 0 Å². The summed E-state index contributed by atoms with van der Waals surface area (Å²) in [5.41, 5.74) is 1.10. The van der Waals surface area contributed by atoms with Crippen molar-refractivity contribution in [3.8, 4) is 11.3 Å². The third-order valence-electron chi connectivity index (χ3n) is 4.31. The van der Waals surface area contributed by atoms with Gasteiger partial charge in [0.2, 0.25) is 5.95 Å². The van der Waals surface area contributed by atoms with Crippen LogP contribution in [0, 0.1) is 6.92 Å². The van der Waals surface area contributed by atoms with Crippen LogP contribution in [0.5, 0.6) is 0 Å². The molecule has 0 spiro atoms. The van der Waals surface area contributed by atoms with E-state index in [1.165, 1.54) is 11.8 Å². The smallest absolute Gasteiger partial charge is 0.427 e. The average Bonchev–Trinajstić information content (AvgIpc) is 2.90. The minimum Gasteiger partial charge on any atom is -0.443 e. The zero-order chi connectivity index (χ0) is 24.0. The van der Waals surface area contributed by atoms with Gasteiger partial charge < -0.3 is 9.47 Å². The largest absolute Gasteiger partial charge is 0.443 e. The van der Waals surface area contributed by atoms with Crippen molar-refractivity contribution in [2.45, 2.75) is 64.7 Å². The number of anilines is 1. The van der Waals surface area contributed by atoms with Crippen molar-refractivity contribution in [3.63, 3.8) is 0 Å². The molecule has 9 heteroatoms. The van der Waals surface area contributed by atoms with E-state index in [1.807, 2.05) is 19.1 Å². The lowest BCUT2D eigenvalue weighted by Gasteiger charge is -2.27. The lowest BCUT2D eigenvalue weighted by molar-refractivity contribution is 0.0427. The SMILES string of the molecule is CSc1nc(N(C(=O)OC(C)(C)C)C(=O)OC(C)(C)C)nc2c1C(=O)c1ccc(C)cc1-2. The molecule has 8 nitrogen and oxygen atoms in total. The number of nitrogens with zero attached hydrogens (tertiary/aromatic N) is 3. The van der Waals surface area contributed by atoms with Gasteiger partial charge in [0.15, 0.2) is 5.78 Å². The third-order valence-corrected chi connectivity index (χ3v) is 4.99. The van der Waals surface area contributed by atoms with E-state index in [0.717, 1.165) is 5.56 Å². The molecule has 1 aliphatic rings. The number of carbonyl (C=O) groups is 3. The second-order valence-electron chi connectivity index (χ2n) is 9.43. The van der Waals surface area contributed by atoms with Crippen LogP contribution in [0.4, 0.5) is 15.5 Å². The van der Waals surface area contributed by atoms with Crippen LogP contribution in [0.1, 0.15) is 63.0 Å². The van der Waals surface area contributed by atoms with Crippen LogP contribution in [-0.4, -0.2) is 45.4 Å². The molecule has 170 valence electrons. The second-order valence-corrected chi connectivity index (χ2v) is 10.2. The predicted octanol–water partition coefficient (Wildman–Crippen LogP) is 5.39. The topological polar surface area (TPSA) is 98.7 Å². The summed E-state index contributed by atoms with van der Waals surface area (Å²) in [7, 11) is 0. The minimum absolute atomic E-state index is 0.188. The molecule has 2 amide bonds. The van der Waals surface area contributed by atoms with Gasteiger partial charge in [-0.3, -0.25) is 4.79 Å². The summed E-state index contributed by atoms with van der Waals surface area (Å²) in [4.78, 5) is 48.5. The molecule has 1 aromatic carbocycles. The van der Waals surface area contributed by atoms with Gasteiger partial charge in [-0.1, -0.05) is 17.7 Å². The zero-order valence-electron chi connectivity index (χ0n) is 19.5. The highest BCUT2D eigenvalue weighted by Gasteiger charge is 2.38. The Bertz CT molecular complexity index is 1090. The number of aryl methyl sites for hydroxylation is 1. The van der Waals surface area contributed by atoms with Gasteiger partial charge in [-0.05, 0) is 60.8 Å². The fourth-order valence-electron chi connectivity index (χ4n) is 3.12. The Hall–Kier alpha value is -2.94. The third kappa shape index (κ3) is 4.77. The van der Waals surface area contributed by atoms with E-state index >= 15 is 0 Å². The summed E-state index contributed by atoms with van der Waals surface area (Å²) in [5.74, 6) is -0.397. The quantitative estimate of drug-likeness (QED) is 0.373. The first kappa shape index (κ1) is 23.7. The van der Waals surface area contributed by atoms with Crippen LogP contribution >= 0.6 is 11.8 Å². The van der Waals surface area contributed by atoms with Crippen molar-refractivity contribution >= 4 is 35.7 Å². The summed E-state index contributed by atoms with van der Waals surface area (Å²) in [5, 5.41) is 0.362. The minimum atomic E-state index is -0.965. The van der Waals surface area contributed by atoms with E-state index in [-0.39, 0.29) is 11.7 Å². The first-order valence-corrected chi connectivity index (χ1v) is 11.3. The summed E-state index contributed by atoms with van der Waals surface area (Å²) < 4.78 is 10.8. The molecule has 0 fully saturated rings. The molecule has 0 radical (unpaired) electrons. The zero-order valence-corrected chi connectivity index (χ0v) is 20.3. The van der Waals surface area contributed by atoms with Crippen LogP contribution in [0.25, 0.3) is 11.3 Å². The number of fused-ring (bicyclic) bond motifs is 3. The number of imide groups is 1. The monoisotopic (exact) mass is 457 g/mol. The van der Waals surface area contributed by atoms with Gasteiger partial charge in [-0.2, -0.15) is 0 Å². The molecule has 3 rings (SSSR count). The normalized spacial score (nSPS) is 12.8. The maximum absolute atomic E-state index is 13.0. The molecule has 0 aliphatic heterocycles. The molecule has 0 unspecified atom stereocenters. The van der Waals surface area contributed by atoms with E-state index in [4.69, 9.17) is 9.47 Å². The summed E-state index contributed by atoms with van der Waals surface area (Å²) in [6.45, 7) is 12.0. The number of ether oxygens (including phenoxy) is 2. The van der Waals surface area contributed by atoms with Gasteiger partial charge in [-0.25, -0.2) is 19.6 Å². The van der Waals surface area contributed by atoms with Gasteiger partial charge in [0.25, 0.3) is 0 Å². The maximum Gasteiger partial charge on any atom is 0.427 e. The molecule has 0 N–H and O–H groups in total. The van der Waals surface area contributed by atoms with Crippen LogP contribution in [0.2, 0.25) is 0 Å². The van der Waals surface area contributed by atoms with Crippen molar-refractivity contribution in [3.05, 3.63) is 34.9 Å². The van der Waals surface area contributed by atoms with Crippen LogP contribution in [0.15, 0.2) is 23.2 Å². The predicted molar refractivity (Wildman–Crippen MR) is 122 cm³/mol. The summed E-state index contributed by atoms with van der Waals surface area (Å²) in [6.07, 6.45) is -0.167. The molecular formula is C23H27N3O5S. The molecule has 0 bridgehead atoms. The first-order chi connectivity index (χ1) is 14.7. The molecule has 1 aromatic heterocycles. The Morgan fingerprint density at radius 2 is 1.50 bits per heavy atom. The van der Waals surface area contributed by atoms with Gasteiger partial charge in [0.05, 0.1) is 11.3 Å². The summed E-state index contributed by atoms with van der Waals surface area (Å²) in [6, 6.07) is 5.45. The van der Waals surface area contributed by atoms with Crippen molar-refractivity contribution in [1.82, 2.24) is 9.97 Å². The fraction of sp³-hybridized carbons (Fsp3) is 0.435. The Balaban J connectivity index is 2.20. The Labute approximate surface area is 191 Å². The highest BCUT2D eigenvalue weighted by Crippen LogP contribution is 2.40. The lowest BCUT2D eigenvalue weighted by Crippen LogP contribution is -2.44. The van der Waals surface area contributed by atoms with Crippen molar-refractivity contribution in [2.75, 3.05) is 11.2 Å². The fourth-order valence-corrected chi connectivity index (χ4v) is 3.68. The molecule has 1 aliphatic carbocycles. The maximum atomic E-state index is 13.0. The van der Waals surface area contributed by atoms with Crippen LogP contribution in [-0.2, 0) is 9.47 Å². The molecule has 32 heavy (non-hydrogen) atoms. The van der Waals surface area contributed by atoms with E-state index in [9.17, 15) is 14.4 Å². The standard InChI is InChI=1S/C23H27N3O5S/c1-12-9-10-13-14(11-12)16-15(17(13)27)18(32-8)25-19(24-16)26(20(28)30-22(2,3)4)21(29)31-23(5,6)7/h9-11H,1-8H3. The number of ketones is 1. The molecule has 2 aromatic rings. The number of carbonyl (C=O) groups excluding carboxylic acids is 3. The number of hydrogen-bond donors (Lipinski definition) is 0. The molecule has 0 saturated carbocycles. The van der Waals surface area contributed by atoms with Gasteiger partial charge >= 0.3 is 12.2 Å². The number of thioether (sulfide) groups is 1. The van der Waals surface area contributed by atoms with E-state index in [2.05, 4.69) is 9.97 Å². The lowest BCUT2D eigenvalue weighted by atomic mass is 10.1. The second kappa shape index (κ2) is 8.20. The van der Waals surface area contributed by atoms with Crippen LogP contribution < -0.4 is 4.90 Å². The average molecular weight is 458 g/mol. The summed E-state index contributed by atoms with van der Waals surface area (Å²) >= 11 is 1.23. The van der Waals surface area contributed by atoms with E-state index in [1.54, 1.807) is 53.9 Å². The Morgan fingerprint density at radius 3 is 2.00 bits per heavy atom. The number of hydrogen-bond acceptors (Lipinski definition) is 8. The van der Waals surface area contributed by atoms with Crippen molar-refractivity contribution < 1.29 is 23.9 Å². The van der Waals surface area contributed by atoms with Crippen molar-refractivity contribution in [1.29, 1.82) is 0 Å². The molecule has 0 saturated heterocycles.